The average Bonchev–Trinajstić information content (AvgIpc) is 3.18. The van der Waals surface area contributed by atoms with Gasteiger partial charge in [0.2, 0.25) is 0 Å². The highest BCUT2D eigenvalue weighted by molar-refractivity contribution is 7.92. The average molecular weight is 520 g/mol. The van der Waals surface area contributed by atoms with Crippen molar-refractivity contribution in [1.29, 1.82) is 0 Å². The van der Waals surface area contributed by atoms with Crippen LogP contribution in [-0.4, -0.2) is 42.1 Å². The summed E-state index contributed by atoms with van der Waals surface area (Å²) >= 11 is 0. The lowest BCUT2D eigenvalue weighted by Crippen LogP contribution is -2.21. The van der Waals surface area contributed by atoms with E-state index in [1.165, 1.54) is 0 Å². The summed E-state index contributed by atoms with van der Waals surface area (Å²) < 4.78 is 31.5. The molecule has 1 aliphatic rings. The van der Waals surface area contributed by atoms with Gasteiger partial charge in [0, 0.05) is 6.20 Å². The topological polar surface area (TPSA) is 90.4 Å². The summed E-state index contributed by atoms with van der Waals surface area (Å²) in [6.45, 7) is 5.60. The molecule has 37 heavy (non-hydrogen) atoms. The molecular weight excluding hydrogens is 486 g/mol. The number of rotatable bonds is 10. The molecular formula is C30H33NO5S. The van der Waals surface area contributed by atoms with Gasteiger partial charge in [0.1, 0.15) is 11.4 Å². The number of carbonyl (C=O) groups excluding carboxylic acids is 2. The first-order valence-electron chi connectivity index (χ1n) is 12.7. The Hall–Kier alpha value is -3.32. The minimum atomic E-state index is -3.20. The molecule has 0 saturated carbocycles. The zero-order chi connectivity index (χ0) is 26.6. The Kier molecular flexibility index (Phi) is 8.22. The van der Waals surface area contributed by atoms with Crippen LogP contribution in [0.1, 0.15) is 76.2 Å². The molecule has 2 heterocycles. The second-order valence-electron chi connectivity index (χ2n) is 10.0. The highest BCUT2D eigenvalue weighted by Gasteiger charge is 2.33. The molecule has 1 fully saturated rings. The van der Waals surface area contributed by atoms with Crippen molar-refractivity contribution in [2.45, 2.75) is 64.2 Å². The Morgan fingerprint density at radius 3 is 2.43 bits per heavy atom. The third-order valence-electron chi connectivity index (χ3n) is 6.56. The van der Waals surface area contributed by atoms with E-state index >= 15 is 0 Å². The quantitative estimate of drug-likeness (QED) is 0.265. The number of nitrogens with zero attached hydrogens (tertiary/aromatic N) is 1. The van der Waals surface area contributed by atoms with Crippen LogP contribution in [0.15, 0.2) is 60.8 Å². The van der Waals surface area contributed by atoms with Crippen LogP contribution in [0.4, 0.5) is 0 Å². The molecule has 2 aromatic carbocycles. The summed E-state index contributed by atoms with van der Waals surface area (Å²) in [7, 11) is -3.20. The molecule has 1 aromatic heterocycles. The molecule has 3 aromatic rings. The first-order valence-corrected chi connectivity index (χ1v) is 14.4. The third-order valence-corrected chi connectivity index (χ3v) is 8.84. The number of aromatic nitrogens is 1. The molecule has 4 rings (SSSR count). The van der Waals surface area contributed by atoms with Gasteiger partial charge in [-0.25, -0.2) is 8.42 Å². The van der Waals surface area contributed by atoms with Crippen molar-refractivity contribution in [2.75, 3.05) is 5.75 Å². The molecule has 0 spiro atoms. The maximum atomic E-state index is 13.6. The number of aryl methyl sites for hydroxylation is 1. The van der Waals surface area contributed by atoms with E-state index in [1.54, 1.807) is 24.4 Å². The number of hydrogen-bond donors (Lipinski definition) is 0. The van der Waals surface area contributed by atoms with Crippen LogP contribution in [-0.2, 0) is 22.7 Å². The van der Waals surface area contributed by atoms with Gasteiger partial charge in [-0.15, -0.1) is 0 Å². The van der Waals surface area contributed by atoms with Crippen LogP contribution in [0.2, 0.25) is 0 Å². The molecule has 0 amide bonds. The Bertz CT molecular complexity index is 1400. The van der Waals surface area contributed by atoms with Crippen molar-refractivity contribution in [3.63, 3.8) is 0 Å². The van der Waals surface area contributed by atoms with E-state index in [9.17, 15) is 18.0 Å². The fourth-order valence-corrected chi connectivity index (χ4v) is 6.64. The summed E-state index contributed by atoms with van der Waals surface area (Å²) in [4.78, 5) is 30.7. The summed E-state index contributed by atoms with van der Waals surface area (Å²) in [5.41, 5.74) is 4.09. The van der Waals surface area contributed by atoms with E-state index in [0.717, 1.165) is 16.7 Å². The van der Waals surface area contributed by atoms with E-state index in [1.807, 2.05) is 57.2 Å². The molecule has 1 atom stereocenters. The first-order chi connectivity index (χ1) is 17.6. The fourth-order valence-electron chi connectivity index (χ4n) is 4.78. The molecule has 0 radical (unpaired) electrons. The number of benzene rings is 2. The minimum absolute atomic E-state index is 0.186. The van der Waals surface area contributed by atoms with E-state index < -0.39 is 15.1 Å². The largest absolute Gasteiger partial charge is 0.490 e. The van der Waals surface area contributed by atoms with Gasteiger partial charge in [-0.1, -0.05) is 36.4 Å². The molecule has 1 saturated heterocycles. The fraction of sp³-hybridized carbons (Fsp3) is 0.367. The zero-order valence-corrected chi connectivity index (χ0v) is 22.4. The van der Waals surface area contributed by atoms with Gasteiger partial charge in [-0.2, -0.15) is 0 Å². The van der Waals surface area contributed by atoms with Gasteiger partial charge >= 0.3 is 0 Å². The Morgan fingerprint density at radius 1 is 1.03 bits per heavy atom. The minimum Gasteiger partial charge on any atom is -0.490 e. The lowest BCUT2D eigenvalue weighted by Gasteiger charge is -2.21. The van der Waals surface area contributed by atoms with E-state index in [0.29, 0.717) is 36.1 Å². The Balaban J connectivity index is 1.76. The van der Waals surface area contributed by atoms with Crippen LogP contribution < -0.4 is 4.74 Å². The lowest BCUT2D eigenvalue weighted by molar-refractivity contribution is 0.0888. The van der Waals surface area contributed by atoms with Crippen molar-refractivity contribution in [1.82, 2.24) is 4.98 Å². The van der Waals surface area contributed by atoms with Crippen molar-refractivity contribution < 1.29 is 22.7 Å². The van der Waals surface area contributed by atoms with Crippen molar-refractivity contribution in [3.8, 4) is 5.75 Å². The number of carbonyl (C=O) groups is 2. The molecule has 0 bridgehead atoms. The highest BCUT2D eigenvalue weighted by atomic mass is 32.2. The summed E-state index contributed by atoms with van der Waals surface area (Å²) in [5.74, 6) is -0.165. The van der Waals surface area contributed by atoms with Gasteiger partial charge in [-0.05, 0) is 86.9 Å². The monoisotopic (exact) mass is 519 g/mol. The number of sulfone groups is 1. The van der Waals surface area contributed by atoms with Gasteiger partial charge in [0.25, 0.3) is 0 Å². The predicted octanol–water partition coefficient (Wildman–Crippen LogP) is 5.34. The first kappa shape index (κ1) is 26.7. The van der Waals surface area contributed by atoms with Gasteiger partial charge < -0.3 is 4.74 Å². The predicted molar refractivity (Wildman–Crippen MR) is 144 cm³/mol. The van der Waals surface area contributed by atoms with Crippen LogP contribution >= 0.6 is 0 Å². The zero-order valence-electron chi connectivity index (χ0n) is 21.6. The van der Waals surface area contributed by atoms with Gasteiger partial charge in [0.05, 0.1) is 29.1 Å². The van der Waals surface area contributed by atoms with Crippen molar-refractivity contribution >= 4 is 21.4 Å². The molecule has 6 nitrogen and oxygen atoms in total. The van der Waals surface area contributed by atoms with Crippen LogP contribution in [0.3, 0.4) is 0 Å². The van der Waals surface area contributed by atoms with Crippen LogP contribution in [0, 0.1) is 6.92 Å². The highest BCUT2D eigenvalue weighted by Crippen LogP contribution is 2.34. The summed E-state index contributed by atoms with van der Waals surface area (Å²) in [6, 6.07) is 17.1. The molecule has 0 N–H and O–H groups in total. The summed E-state index contributed by atoms with van der Waals surface area (Å²) in [6.07, 6.45) is 3.05. The van der Waals surface area contributed by atoms with Crippen molar-refractivity contribution in [3.05, 3.63) is 94.3 Å². The normalized spacial score (nSPS) is 16.6. The second-order valence-corrected chi connectivity index (χ2v) is 12.4. The number of Topliss-reactive ketones (excluding diaryl/α,β-unsaturated/α-hetero) is 2. The SMILES string of the molecule is Cc1ccnc(C(=O)CC(=O)c2cc(Cc3ccccc3)cc(CC3CCCS3(=O)=O)c2OC(C)C)c1. The standard InChI is InChI=1S/C30H33NO5S/c1-20(2)36-30-24(18-25-10-7-13-37(25,34)35)16-23(15-22-8-5-4-6-9-22)17-26(30)28(32)19-29(33)27-14-21(3)11-12-31-27/h4-6,8-9,11-12,14,16-17,20,25H,7,10,13,15,18-19H2,1-3H3. The molecule has 0 aliphatic carbocycles. The molecule has 194 valence electrons. The number of pyridine rings is 1. The Labute approximate surface area is 219 Å². The van der Waals surface area contributed by atoms with Crippen molar-refractivity contribution in [2.24, 2.45) is 0 Å². The smallest absolute Gasteiger partial charge is 0.188 e. The molecule has 7 heteroatoms. The van der Waals surface area contributed by atoms with Crippen LogP contribution in [0.25, 0.3) is 0 Å². The lowest BCUT2D eigenvalue weighted by atomic mass is 9.92. The number of ketones is 2. The Morgan fingerprint density at radius 2 is 1.78 bits per heavy atom. The maximum Gasteiger partial charge on any atom is 0.188 e. The van der Waals surface area contributed by atoms with Gasteiger partial charge in [-0.3, -0.25) is 14.6 Å². The van der Waals surface area contributed by atoms with E-state index in [4.69, 9.17) is 4.74 Å². The second kappa shape index (κ2) is 11.4. The number of hydrogen-bond acceptors (Lipinski definition) is 6. The third kappa shape index (κ3) is 6.72. The van der Waals surface area contributed by atoms with E-state index in [2.05, 4.69) is 4.98 Å². The molecule has 1 aliphatic heterocycles. The van der Waals surface area contributed by atoms with Gasteiger partial charge in [0.15, 0.2) is 21.4 Å². The molecule has 1 unspecified atom stereocenters. The van der Waals surface area contributed by atoms with Crippen LogP contribution in [0.5, 0.6) is 5.75 Å². The summed E-state index contributed by atoms with van der Waals surface area (Å²) in [5, 5.41) is -0.505. The van der Waals surface area contributed by atoms with E-state index in [-0.39, 0.29) is 42.0 Å². The number of ether oxygens (including phenoxy) is 1. The maximum absolute atomic E-state index is 13.6.